The van der Waals surface area contributed by atoms with Crippen LogP contribution in [0.4, 0.5) is 0 Å². The lowest BCUT2D eigenvalue weighted by Crippen LogP contribution is -2.17. The smallest absolute Gasteiger partial charge is 0.318 e. The van der Waals surface area contributed by atoms with Gasteiger partial charge in [-0.2, -0.15) is 0 Å². The molecule has 0 saturated carbocycles. The second kappa shape index (κ2) is 5.47. The third-order valence-corrected chi connectivity index (χ3v) is 2.94. The normalized spacial score (nSPS) is 15.6. The number of hydrogen-bond donors (Lipinski definition) is 0. The Morgan fingerprint density at radius 2 is 2.09 bits per heavy atom. The first kappa shape index (κ1) is 10.8. The summed E-state index contributed by atoms with van der Waals surface area (Å²) in [6.45, 7) is 6.11. The first-order valence-electron chi connectivity index (χ1n) is 3.85. The molecule has 0 aliphatic carbocycles. The zero-order chi connectivity index (χ0) is 8.85. The van der Waals surface area contributed by atoms with E-state index in [0.717, 1.165) is 6.42 Å². The molecule has 0 N–H and O–H groups in total. The molecular formula is C8H16O2S. The zero-order valence-corrected chi connectivity index (χ0v) is 8.40. The van der Waals surface area contributed by atoms with Crippen LogP contribution in [0.2, 0.25) is 0 Å². The van der Waals surface area contributed by atoms with Crippen molar-refractivity contribution < 1.29 is 9.53 Å². The van der Waals surface area contributed by atoms with E-state index < -0.39 is 0 Å². The Hall–Kier alpha value is -0.180. The summed E-state index contributed by atoms with van der Waals surface area (Å²) in [7, 11) is 1.43. The van der Waals surface area contributed by atoms with E-state index in [9.17, 15) is 4.79 Å². The van der Waals surface area contributed by atoms with Gasteiger partial charge in [-0.3, -0.25) is 4.79 Å². The van der Waals surface area contributed by atoms with Gasteiger partial charge in [0.1, 0.15) is 0 Å². The van der Waals surface area contributed by atoms with Crippen LogP contribution in [-0.4, -0.2) is 23.6 Å². The largest absolute Gasteiger partial charge is 0.468 e. The SMILES string of the molecule is CCC(C)SC(C)C(=O)OC. The monoisotopic (exact) mass is 176 g/mol. The van der Waals surface area contributed by atoms with Crippen molar-refractivity contribution in [2.75, 3.05) is 7.11 Å². The molecule has 0 aliphatic rings. The number of carbonyl (C=O) groups is 1. The van der Waals surface area contributed by atoms with Gasteiger partial charge < -0.3 is 4.74 Å². The maximum atomic E-state index is 10.9. The van der Waals surface area contributed by atoms with Crippen LogP contribution >= 0.6 is 11.8 Å². The van der Waals surface area contributed by atoms with Crippen molar-refractivity contribution in [2.45, 2.75) is 37.7 Å². The minimum Gasteiger partial charge on any atom is -0.468 e. The zero-order valence-electron chi connectivity index (χ0n) is 7.59. The Kier molecular flexibility index (Phi) is 5.38. The summed E-state index contributed by atoms with van der Waals surface area (Å²) < 4.78 is 4.60. The van der Waals surface area contributed by atoms with Crippen molar-refractivity contribution >= 4 is 17.7 Å². The quantitative estimate of drug-likeness (QED) is 0.613. The van der Waals surface area contributed by atoms with Gasteiger partial charge in [-0.15, -0.1) is 11.8 Å². The van der Waals surface area contributed by atoms with Crippen LogP contribution in [0, 0.1) is 0 Å². The van der Waals surface area contributed by atoms with Crippen LogP contribution in [0.3, 0.4) is 0 Å². The summed E-state index contributed by atoms with van der Waals surface area (Å²) in [5.74, 6) is -0.129. The van der Waals surface area contributed by atoms with E-state index in [1.807, 2.05) is 6.92 Å². The van der Waals surface area contributed by atoms with Gasteiger partial charge in [-0.05, 0) is 13.3 Å². The molecule has 2 unspecified atom stereocenters. The molecule has 0 aliphatic heterocycles. The van der Waals surface area contributed by atoms with Gasteiger partial charge in [0, 0.05) is 5.25 Å². The van der Waals surface area contributed by atoms with Gasteiger partial charge in [0.05, 0.1) is 12.4 Å². The number of hydrogen-bond acceptors (Lipinski definition) is 3. The van der Waals surface area contributed by atoms with E-state index >= 15 is 0 Å². The summed E-state index contributed by atoms with van der Waals surface area (Å²) in [4.78, 5) is 10.9. The molecule has 11 heavy (non-hydrogen) atoms. The van der Waals surface area contributed by atoms with Crippen LogP contribution in [-0.2, 0) is 9.53 Å². The Morgan fingerprint density at radius 3 is 2.45 bits per heavy atom. The summed E-state index contributed by atoms with van der Waals surface area (Å²) in [5, 5.41) is 0.499. The Morgan fingerprint density at radius 1 is 1.55 bits per heavy atom. The van der Waals surface area contributed by atoms with Crippen molar-refractivity contribution in [3.63, 3.8) is 0 Å². The molecule has 2 nitrogen and oxygen atoms in total. The fourth-order valence-corrected chi connectivity index (χ4v) is 1.76. The van der Waals surface area contributed by atoms with E-state index in [4.69, 9.17) is 0 Å². The standard InChI is InChI=1S/C8H16O2S/c1-5-6(2)11-7(3)8(9)10-4/h6-7H,5H2,1-4H3. The second-order valence-electron chi connectivity index (χ2n) is 2.52. The van der Waals surface area contributed by atoms with Gasteiger partial charge in [-0.25, -0.2) is 0 Å². The Bertz CT molecular complexity index is 125. The minimum atomic E-state index is -0.129. The maximum Gasteiger partial charge on any atom is 0.318 e. The summed E-state index contributed by atoms with van der Waals surface area (Å²) >= 11 is 1.66. The van der Waals surface area contributed by atoms with Crippen molar-refractivity contribution in [1.82, 2.24) is 0 Å². The molecule has 0 aromatic rings. The third kappa shape index (κ3) is 4.30. The van der Waals surface area contributed by atoms with Crippen LogP contribution in [0.5, 0.6) is 0 Å². The lowest BCUT2D eigenvalue weighted by atomic mass is 10.4. The lowest BCUT2D eigenvalue weighted by molar-refractivity contribution is -0.139. The number of esters is 1. The highest BCUT2D eigenvalue weighted by Gasteiger charge is 2.15. The Balaban J connectivity index is 3.67. The van der Waals surface area contributed by atoms with Gasteiger partial charge in [0.2, 0.25) is 0 Å². The fourth-order valence-electron chi connectivity index (χ4n) is 0.666. The fraction of sp³-hybridized carbons (Fsp3) is 0.875. The molecule has 0 fully saturated rings. The van der Waals surface area contributed by atoms with E-state index in [1.54, 1.807) is 11.8 Å². The van der Waals surface area contributed by atoms with Crippen molar-refractivity contribution in [1.29, 1.82) is 0 Å². The molecule has 0 saturated heterocycles. The van der Waals surface area contributed by atoms with Crippen molar-refractivity contribution in [2.24, 2.45) is 0 Å². The van der Waals surface area contributed by atoms with Gasteiger partial charge in [-0.1, -0.05) is 13.8 Å². The molecule has 0 rings (SSSR count). The second-order valence-corrected chi connectivity index (χ2v) is 4.30. The van der Waals surface area contributed by atoms with Crippen LogP contribution in [0.1, 0.15) is 27.2 Å². The average molecular weight is 176 g/mol. The molecular weight excluding hydrogens is 160 g/mol. The summed E-state index contributed by atoms with van der Waals surface area (Å²) in [6.07, 6.45) is 1.09. The van der Waals surface area contributed by atoms with Gasteiger partial charge in [0.25, 0.3) is 0 Å². The third-order valence-electron chi connectivity index (χ3n) is 1.54. The van der Waals surface area contributed by atoms with Gasteiger partial charge in [0.15, 0.2) is 0 Å². The first-order chi connectivity index (χ1) is 5.11. The topological polar surface area (TPSA) is 26.3 Å². The Labute approximate surface area is 72.7 Å². The van der Waals surface area contributed by atoms with Crippen LogP contribution in [0.25, 0.3) is 0 Å². The predicted octanol–water partition coefficient (Wildman–Crippen LogP) is 2.08. The van der Waals surface area contributed by atoms with Crippen LogP contribution in [0.15, 0.2) is 0 Å². The number of methoxy groups -OCH3 is 1. The molecule has 0 bridgehead atoms. The predicted molar refractivity (Wildman–Crippen MR) is 48.8 cm³/mol. The van der Waals surface area contributed by atoms with E-state index in [1.165, 1.54) is 7.11 Å². The molecule has 0 spiro atoms. The highest BCUT2D eigenvalue weighted by molar-refractivity contribution is 8.01. The molecule has 0 radical (unpaired) electrons. The molecule has 3 heteroatoms. The van der Waals surface area contributed by atoms with E-state index in [2.05, 4.69) is 18.6 Å². The molecule has 0 aromatic carbocycles. The van der Waals surface area contributed by atoms with Crippen molar-refractivity contribution in [3.05, 3.63) is 0 Å². The van der Waals surface area contributed by atoms with Crippen molar-refractivity contribution in [3.8, 4) is 0 Å². The number of thioether (sulfide) groups is 1. The highest BCUT2D eigenvalue weighted by Crippen LogP contribution is 2.20. The van der Waals surface area contributed by atoms with Crippen LogP contribution < -0.4 is 0 Å². The van der Waals surface area contributed by atoms with Gasteiger partial charge >= 0.3 is 5.97 Å². The summed E-state index contributed by atoms with van der Waals surface area (Å²) in [5.41, 5.74) is 0. The number of ether oxygens (including phenoxy) is 1. The lowest BCUT2D eigenvalue weighted by Gasteiger charge is -2.12. The highest BCUT2D eigenvalue weighted by atomic mass is 32.2. The molecule has 66 valence electrons. The average Bonchev–Trinajstić information content (AvgIpc) is 2.02. The number of carbonyl (C=O) groups excluding carboxylic acids is 1. The maximum absolute atomic E-state index is 10.9. The number of rotatable bonds is 4. The molecule has 0 aromatic heterocycles. The first-order valence-corrected chi connectivity index (χ1v) is 4.79. The minimum absolute atomic E-state index is 0.0325. The molecule has 0 heterocycles. The van der Waals surface area contributed by atoms with E-state index in [-0.39, 0.29) is 11.2 Å². The summed E-state index contributed by atoms with van der Waals surface area (Å²) in [6, 6.07) is 0. The van der Waals surface area contributed by atoms with E-state index in [0.29, 0.717) is 5.25 Å². The molecule has 2 atom stereocenters. The molecule has 0 amide bonds.